The molecule has 2 unspecified atom stereocenters. The number of benzene rings is 1. The number of carboxylic acids is 1. The Morgan fingerprint density at radius 3 is 2.48 bits per heavy atom. The molecule has 1 saturated carbocycles. The summed E-state index contributed by atoms with van der Waals surface area (Å²) in [6, 6.07) is 6.50. The maximum absolute atomic E-state index is 12.7. The van der Waals surface area contributed by atoms with Crippen molar-refractivity contribution >= 4 is 17.6 Å². The number of aromatic hydroxyl groups is 1. The van der Waals surface area contributed by atoms with Gasteiger partial charge in [-0.05, 0) is 31.9 Å². The van der Waals surface area contributed by atoms with E-state index in [1.807, 2.05) is 6.92 Å². The highest BCUT2D eigenvalue weighted by Crippen LogP contribution is 2.33. The van der Waals surface area contributed by atoms with E-state index in [4.69, 9.17) is 0 Å². The first kappa shape index (κ1) is 15.4. The van der Waals surface area contributed by atoms with Crippen LogP contribution in [0.3, 0.4) is 0 Å². The fraction of sp³-hybridized carbons (Fsp3) is 0.500. The average Bonchev–Trinajstić information content (AvgIpc) is 2.48. The predicted molar refractivity (Wildman–Crippen MR) is 79.2 cm³/mol. The van der Waals surface area contributed by atoms with Gasteiger partial charge in [-0.2, -0.15) is 0 Å². The number of carbonyl (C=O) groups excluding carboxylic acids is 1. The van der Waals surface area contributed by atoms with Crippen molar-refractivity contribution in [3.63, 3.8) is 0 Å². The van der Waals surface area contributed by atoms with E-state index in [1.54, 1.807) is 23.1 Å². The van der Waals surface area contributed by atoms with Crippen molar-refractivity contribution in [1.82, 2.24) is 0 Å². The molecule has 114 valence electrons. The molecule has 1 aliphatic rings. The van der Waals surface area contributed by atoms with Gasteiger partial charge in [-0.15, -0.1) is 0 Å². The van der Waals surface area contributed by atoms with Crippen LogP contribution in [0.4, 0.5) is 5.69 Å². The van der Waals surface area contributed by atoms with Crippen LogP contribution in [-0.2, 0) is 9.59 Å². The molecule has 2 rings (SSSR count). The van der Waals surface area contributed by atoms with E-state index < -0.39 is 17.8 Å². The van der Waals surface area contributed by atoms with Crippen molar-refractivity contribution in [1.29, 1.82) is 0 Å². The fourth-order valence-electron chi connectivity index (χ4n) is 3.05. The van der Waals surface area contributed by atoms with Gasteiger partial charge in [-0.1, -0.05) is 18.9 Å². The Labute approximate surface area is 124 Å². The number of hydrogen-bond acceptors (Lipinski definition) is 3. The van der Waals surface area contributed by atoms with Gasteiger partial charge in [0.05, 0.1) is 11.8 Å². The van der Waals surface area contributed by atoms with Gasteiger partial charge < -0.3 is 15.1 Å². The van der Waals surface area contributed by atoms with Crippen LogP contribution in [0, 0.1) is 11.8 Å². The number of phenols is 1. The van der Waals surface area contributed by atoms with Crippen LogP contribution in [0.15, 0.2) is 24.3 Å². The highest BCUT2D eigenvalue weighted by Gasteiger charge is 2.37. The van der Waals surface area contributed by atoms with Crippen LogP contribution < -0.4 is 4.90 Å². The summed E-state index contributed by atoms with van der Waals surface area (Å²) in [5, 5.41) is 18.9. The molecule has 0 saturated heterocycles. The predicted octanol–water partition coefficient (Wildman–Crippen LogP) is 2.64. The van der Waals surface area contributed by atoms with E-state index in [0.717, 1.165) is 12.8 Å². The van der Waals surface area contributed by atoms with E-state index in [9.17, 15) is 19.8 Å². The van der Waals surface area contributed by atoms with Crippen molar-refractivity contribution < 1.29 is 19.8 Å². The number of anilines is 1. The lowest BCUT2D eigenvalue weighted by Crippen LogP contribution is -2.42. The molecule has 1 aliphatic carbocycles. The highest BCUT2D eigenvalue weighted by atomic mass is 16.4. The SMILES string of the molecule is CCN(C(=O)C1CCCCC1C(=O)O)c1cccc(O)c1. The molecule has 1 fully saturated rings. The van der Waals surface area contributed by atoms with Crippen molar-refractivity contribution in [3.8, 4) is 5.75 Å². The molecule has 2 N–H and O–H groups in total. The zero-order chi connectivity index (χ0) is 15.4. The molecule has 5 heteroatoms. The Morgan fingerprint density at radius 1 is 1.24 bits per heavy atom. The monoisotopic (exact) mass is 291 g/mol. The molecular weight excluding hydrogens is 270 g/mol. The van der Waals surface area contributed by atoms with Crippen LogP contribution in [0.2, 0.25) is 0 Å². The van der Waals surface area contributed by atoms with Crippen LogP contribution in [0.25, 0.3) is 0 Å². The second-order valence-electron chi connectivity index (χ2n) is 5.44. The normalized spacial score (nSPS) is 21.8. The van der Waals surface area contributed by atoms with Crippen LogP contribution in [0.5, 0.6) is 5.75 Å². The number of amides is 1. The van der Waals surface area contributed by atoms with Crippen LogP contribution in [-0.4, -0.2) is 28.6 Å². The van der Waals surface area contributed by atoms with E-state index in [1.165, 1.54) is 6.07 Å². The average molecular weight is 291 g/mol. The Morgan fingerprint density at radius 2 is 1.90 bits per heavy atom. The minimum absolute atomic E-state index is 0.0946. The van der Waals surface area contributed by atoms with Crippen LogP contribution in [0.1, 0.15) is 32.6 Å². The second kappa shape index (κ2) is 6.61. The smallest absolute Gasteiger partial charge is 0.307 e. The maximum Gasteiger partial charge on any atom is 0.307 e. The second-order valence-corrected chi connectivity index (χ2v) is 5.44. The quantitative estimate of drug-likeness (QED) is 0.894. The molecule has 2 atom stereocenters. The summed E-state index contributed by atoms with van der Waals surface area (Å²) in [4.78, 5) is 25.7. The number of carbonyl (C=O) groups is 2. The molecule has 0 heterocycles. The molecule has 0 bridgehead atoms. The molecule has 5 nitrogen and oxygen atoms in total. The van der Waals surface area contributed by atoms with Crippen LogP contribution >= 0.6 is 0 Å². The summed E-state index contributed by atoms with van der Waals surface area (Å²) < 4.78 is 0. The molecule has 1 aromatic rings. The van der Waals surface area contributed by atoms with Gasteiger partial charge in [0.1, 0.15) is 5.75 Å². The van der Waals surface area contributed by atoms with Gasteiger partial charge in [0.2, 0.25) is 5.91 Å². The van der Waals surface area contributed by atoms with Gasteiger partial charge in [0, 0.05) is 18.3 Å². The fourth-order valence-corrected chi connectivity index (χ4v) is 3.05. The Kier molecular flexibility index (Phi) is 4.83. The van der Waals surface area contributed by atoms with E-state index in [0.29, 0.717) is 25.1 Å². The minimum Gasteiger partial charge on any atom is -0.508 e. The Balaban J connectivity index is 2.24. The third-order valence-electron chi connectivity index (χ3n) is 4.12. The van der Waals surface area contributed by atoms with Gasteiger partial charge in [0.15, 0.2) is 0 Å². The highest BCUT2D eigenvalue weighted by molar-refractivity contribution is 5.97. The summed E-state index contributed by atoms with van der Waals surface area (Å²) in [7, 11) is 0. The largest absolute Gasteiger partial charge is 0.508 e. The zero-order valence-corrected chi connectivity index (χ0v) is 12.2. The maximum atomic E-state index is 12.7. The Bertz CT molecular complexity index is 529. The number of aliphatic carboxylic acids is 1. The Hall–Kier alpha value is -2.04. The molecule has 1 aromatic carbocycles. The summed E-state index contributed by atoms with van der Waals surface area (Å²) in [5.74, 6) is -2.02. The van der Waals surface area contributed by atoms with E-state index in [2.05, 4.69) is 0 Å². The first-order valence-electron chi connectivity index (χ1n) is 7.37. The lowest BCUT2D eigenvalue weighted by atomic mass is 9.78. The zero-order valence-electron chi connectivity index (χ0n) is 12.2. The first-order valence-corrected chi connectivity index (χ1v) is 7.37. The summed E-state index contributed by atoms with van der Waals surface area (Å²) in [5.41, 5.74) is 0.609. The van der Waals surface area contributed by atoms with Gasteiger partial charge in [-0.25, -0.2) is 0 Å². The third-order valence-corrected chi connectivity index (χ3v) is 4.12. The first-order chi connectivity index (χ1) is 10.0. The lowest BCUT2D eigenvalue weighted by molar-refractivity contribution is -0.148. The van der Waals surface area contributed by atoms with Crippen molar-refractivity contribution in [2.45, 2.75) is 32.6 Å². The van der Waals surface area contributed by atoms with Crippen molar-refractivity contribution in [3.05, 3.63) is 24.3 Å². The standard InChI is InChI=1S/C16H21NO4/c1-2-17(11-6-5-7-12(18)10-11)15(19)13-8-3-4-9-14(13)16(20)21/h5-7,10,13-14,18H,2-4,8-9H2,1H3,(H,20,21). The van der Waals surface area contributed by atoms with Crippen molar-refractivity contribution in [2.24, 2.45) is 11.8 Å². The van der Waals surface area contributed by atoms with Gasteiger partial charge in [0.25, 0.3) is 0 Å². The summed E-state index contributed by atoms with van der Waals surface area (Å²) in [6.07, 6.45) is 2.92. The van der Waals surface area contributed by atoms with E-state index in [-0.39, 0.29) is 11.7 Å². The minimum atomic E-state index is -0.889. The number of nitrogens with zero attached hydrogens (tertiary/aromatic N) is 1. The number of carboxylic acid groups (broad SMARTS) is 1. The topological polar surface area (TPSA) is 77.8 Å². The number of rotatable bonds is 4. The number of hydrogen-bond donors (Lipinski definition) is 2. The van der Waals surface area contributed by atoms with Gasteiger partial charge in [-0.3, -0.25) is 9.59 Å². The van der Waals surface area contributed by atoms with Crippen molar-refractivity contribution in [2.75, 3.05) is 11.4 Å². The molecule has 0 aliphatic heterocycles. The molecule has 0 spiro atoms. The molecule has 0 aromatic heterocycles. The summed E-state index contributed by atoms with van der Waals surface area (Å²) >= 11 is 0. The molecular formula is C16H21NO4. The lowest BCUT2D eigenvalue weighted by Gasteiger charge is -2.32. The van der Waals surface area contributed by atoms with Gasteiger partial charge >= 0.3 is 5.97 Å². The summed E-state index contributed by atoms with van der Waals surface area (Å²) in [6.45, 7) is 2.30. The molecule has 21 heavy (non-hydrogen) atoms. The molecule has 0 radical (unpaired) electrons. The van der Waals surface area contributed by atoms with E-state index >= 15 is 0 Å². The molecule has 1 amide bonds. The number of phenolic OH excluding ortho intramolecular Hbond substituents is 1. The third kappa shape index (κ3) is 3.35.